The predicted octanol–water partition coefficient (Wildman–Crippen LogP) is 0.897. The maximum absolute atomic E-state index is 14.9. The van der Waals surface area contributed by atoms with Crippen molar-refractivity contribution in [2.75, 3.05) is 25.6 Å². The van der Waals surface area contributed by atoms with Crippen LogP contribution in [-0.4, -0.2) is 55.2 Å². The van der Waals surface area contributed by atoms with E-state index >= 15 is 0 Å². The van der Waals surface area contributed by atoms with Crippen molar-refractivity contribution in [1.29, 1.82) is 0 Å². The molecule has 0 aromatic carbocycles. The first-order valence-corrected chi connectivity index (χ1v) is 7.52. The Balaban J connectivity index is 2.22. The topological polar surface area (TPSA) is 132 Å². The van der Waals surface area contributed by atoms with Crippen LogP contribution in [0.25, 0.3) is 22.5 Å². The van der Waals surface area contributed by atoms with Gasteiger partial charge in [0.15, 0.2) is 11.9 Å². The van der Waals surface area contributed by atoms with Gasteiger partial charge in [0, 0.05) is 6.20 Å². The number of nitrogen functional groups attached to an aromatic ring is 1. The van der Waals surface area contributed by atoms with Crippen LogP contribution < -0.4 is 5.73 Å². The van der Waals surface area contributed by atoms with Crippen LogP contribution in [0.15, 0.2) is 29.4 Å². The molecule has 2 atom stereocenters. The summed E-state index contributed by atoms with van der Waals surface area (Å²) in [5.74, 6) is 0.429. The smallest absolute Gasteiger partial charge is 0.228 e. The van der Waals surface area contributed by atoms with Gasteiger partial charge < -0.3 is 29.7 Å². The van der Waals surface area contributed by atoms with Gasteiger partial charge in [-0.25, -0.2) is 19.3 Å². The molecule has 4 N–H and O–H groups in total. The molecule has 3 aromatic heterocycles. The lowest BCUT2D eigenvalue weighted by atomic mass is 10.1. The van der Waals surface area contributed by atoms with Crippen molar-refractivity contribution in [2.45, 2.75) is 18.8 Å². The lowest BCUT2D eigenvalue weighted by molar-refractivity contribution is -0.120. The van der Waals surface area contributed by atoms with Gasteiger partial charge in [-0.1, -0.05) is 0 Å². The van der Waals surface area contributed by atoms with Crippen LogP contribution in [0.5, 0.6) is 0 Å². The fraction of sp³-hybridized carbons (Fsp3) is 0.400. The summed E-state index contributed by atoms with van der Waals surface area (Å²) in [7, 11) is 0. The van der Waals surface area contributed by atoms with Crippen molar-refractivity contribution in [3.8, 4) is 11.5 Å². The van der Waals surface area contributed by atoms with Crippen LogP contribution in [0.2, 0.25) is 0 Å². The highest BCUT2D eigenvalue weighted by atomic mass is 19.1. The second-order valence-electron chi connectivity index (χ2n) is 5.63. The number of hydrogen-bond acceptors (Lipinski definition) is 8. The van der Waals surface area contributed by atoms with Gasteiger partial charge >= 0.3 is 0 Å². The average molecular weight is 351 g/mol. The maximum atomic E-state index is 14.9. The number of fused-ring (bicyclic) bond motifs is 1. The lowest BCUT2D eigenvalue weighted by Gasteiger charge is -2.30. The molecule has 134 valence electrons. The minimum Gasteiger partial charge on any atom is -0.444 e. The molecule has 3 heterocycles. The number of alkyl halides is 1. The molecule has 10 heteroatoms. The van der Waals surface area contributed by atoms with E-state index in [9.17, 15) is 9.50 Å². The summed E-state index contributed by atoms with van der Waals surface area (Å²) in [6.45, 7) is -0.0341. The van der Waals surface area contributed by atoms with Gasteiger partial charge in [0.25, 0.3) is 0 Å². The molecule has 0 spiro atoms. The minimum atomic E-state index is -2.14. The Hall–Kier alpha value is -2.56. The highest BCUT2D eigenvalue weighted by Gasteiger charge is 2.38. The zero-order valence-corrected chi connectivity index (χ0v) is 13.5. The van der Waals surface area contributed by atoms with Crippen molar-refractivity contribution in [3.63, 3.8) is 0 Å². The highest BCUT2D eigenvalue weighted by molar-refractivity contribution is 5.98. The molecule has 0 bridgehead atoms. The number of hydrogen-bond donors (Lipinski definition) is 3. The van der Waals surface area contributed by atoms with Crippen molar-refractivity contribution >= 4 is 16.9 Å². The number of aliphatic hydroxyl groups excluding tert-OH is 2. The van der Waals surface area contributed by atoms with Crippen LogP contribution in [0.4, 0.5) is 10.2 Å². The van der Waals surface area contributed by atoms with E-state index in [0.717, 1.165) is 0 Å². The van der Waals surface area contributed by atoms with Gasteiger partial charge in [0.2, 0.25) is 5.89 Å². The van der Waals surface area contributed by atoms with E-state index in [1.807, 2.05) is 0 Å². The molecule has 3 aromatic rings. The highest BCUT2D eigenvalue weighted by Crippen LogP contribution is 2.37. The molecule has 0 saturated carbocycles. The number of oxazole rings is 1. The van der Waals surface area contributed by atoms with E-state index in [0.29, 0.717) is 16.6 Å². The predicted molar refractivity (Wildman–Crippen MR) is 86.1 cm³/mol. The molecular weight excluding hydrogens is 333 g/mol. The van der Waals surface area contributed by atoms with E-state index in [4.69, 9.17) is 20.0 Å². The largest absolute Gasteiger partial charge is 0.444 e. The van der Waals surface area contributed by atoms with E-state index in [-0.39, 0.29) is 24.9 Å². The normalized spacial score (nSPS) is 15.4. The summed E-state index contributed by atoms with van der Waals surface area (Å²) < 4.78 is 27.0. The summed E-state index contributed by atoms with van der Waals surface area (Å²) >= 11 is 0. The number of aliphatic hydroxyl groups is 2. The Morgan fingerprint density at radius 3 is 2.84 bits per heavy atom. The number of anilines is 1. The number of rotatable bonds is 7. The molecule has 0 fully saturated rings. The van der Waals surface area contributed by atoms with Gasteiger partial charge in [0.05, 0.1) is 37.0 Å². The van der Waals surface area contributed by atoms with E-state index in [1.165, 1.54) is 36.5 Å². The van der Waals surface area contributed by atoms with E-state index < -0.39 is 18.5 Å². The monoisotopic (exact) mass is 351 g/mol. The Morgan fingerprint density at radius 2 is 2.20 bits per heavy atom. The number of halogens is 1. The zero-order valence-electron chi connectivity index (χ0n) is 13.5. The fourth-order valence-corrected chi connectivity index (χ4v) is 2.59. The van der Waals surface area contributed by atoms with Crippen molar-refractivity contribution in [2.24, 2.45) is 0 Å². The molecule has 0 amide bonds. The van der Waals surface area contributed by atoms with Gasteiger partial charge in [-0.3, -0.25) is 0 Å². The van der Waals surface area contributed by atoms with Crippen molar-refractivity contribution in [3.05, 3.63) is 25.0 Å². The SMILES string of the molecule is C[C@@](F)(CO)C(OCCO)n1cc(-c2ncco2)c2c(N)ncnc21. The van der Waals surface area contributed by atoms with Gasteiger partial charge in [0.1, 0.15) is 24.1 Å². The van der Waals surface area contributed by atoms with Crippen molar-refractivity contribution < 1.29 is 23.8 Å². The second-order valence-corrected chi connectivity index (χ2v) is 5.63. The molecule has 0 aliphatic carbocycles. The molecular formula is C15H18FN5O4. The summed E-state index contributed by atoms with van der Waals surface area (Å²) in [5, 5.41) is 18.9. The quantitative estimate of drug-likeness (QED) is 0.572. The number of nitrogens with two attached hydrogens (primary N) is 1. The number of nitrogens with zero attached hydrogens (tertiary/aromatic N) is 4. The molecule has 1 unspecified atom stereocenters. The van der Waals surface area contributed by atoms with E-state index in [2.05, 4.69) is 15.0 Å². The zero-order chi connectivity index (χ0) is 18.0. The van der Waals surface area contributed by atoms with Gasteiger partial charge in [-0.15, -0.1) is 0 Å². The number of aromatic nitrogens is 4. The fourth-order valence-electron chi connectivity index (χ4n) is 2.59. The molecule has 25 heavy (non-hydrogen) atoms. The lowest BCUT2D eigenvalue weighted by Crippen LogP contribution is -2.38. The number of ether oxygens (including phenoxy) is 1. The standard InChI is InChI=1S/C15H18FN5O4/c1-15(16,7-23)14(25-5-3-22)21-6-9(13-18-2-4-24-13)10-11(17)19-8-20-12(10)21/h2,4,6,8,14,22-23H,3,5,7H2,1H3,(H2,17,19,20)/t14?,15-/m1/s1. The summed E-state index contributed by atoms with van der Waals surface area (Å²) in [6, 6.07) is 0. The Morgan fingerprint density at radius 1 is 1.40 bits per heavy atom. The second kappa shape index (κ2) is 6.75. The Bertz CT molecular complexity index is 849. The van der Waals surface area contributed by atoms with Crippen LogP contribution in [0, 0.1) is 0 Å². The van der Waals surface area contributed by atoms with Crippen LogP contribution in [-0.2, 0) is 4.74 Å². The third-order valence-electron chi connectivity index (χ3n) is 3.75. The summed E-state index contributed by atoms with van der Waals surface area (Å²) in [5.41, 5.74) is 4.57. The molecule has 0 radical (unpaired) electrons. The molecule has 9 nitrogen and oxygen atoms in total. The summed E-state index contributed by atoms with van der Waals surface area (Å²) in [6.07, 6.45) is 4.36. The first-order chi connectivity index (χ1) is 12.0. The Kier molecular flexibility index (Phi) is 4.66. The van der Waals surface area contributed by atoms with Gasteiger partial charge in [-0.05, 0) is 6.92 Å². The molecule has 0 aliphatic rings. The third kappa shape index (κ3) is 3.06. The molecule has 0 aliphatic heterocycles. The van der Waals surface area contributed by atoms with Crippen LogP contribution in [0.1, 0.15) is 13.2 Å². The van der Waals surface area contributed by atoms with E-state index in [1.54, 1.807) is 0 Å². The molecule has 3 rings (SSSR count). The first kappa shape index (κ1) is 17.3. The minimum absolute atomic E-state index is 0.126. The third-order valence-corrected chi connectivity index (χ3v) is 3.75. The maximum Gasteiger partial charge on any atom is 0.228 e. The van der Waals surface area contributed by atoms with Crippen LogP contribution in [0.3, 0.4) is 0 Å². The first-order valence-electron chi connectivity index (χ1n) is 7.52. The molecule has 0 saturated heterocycles. The average Bonchev–Trinajstić information content (AvgIpc) is 3.23. The van der Waals surface area contributed by atoms with Crippen LogP contribution >= 0.6 is 0 Å². The van der Waals surface area contributed by atoms with Gasteiger partial charge in [-0.2, -0.15) is 0 Å². The Labute approximate surface area is 141 Å². The van der Waals surface area contributed by atoms with Crippen molar-refractivity contribution in [1.82, 2.24) is 19.5 Å². The summed E-state index contributed by atoms with van der Waals surface area (Å²) in [4.78, 5) is 12.2.